The zero-order chi connectivity index (χ0) is 19.9. The van der Waals surface area contributed by atoms with Gasteiger partial charge in [-0.3, -0.25) is 0 Å². The monoisotopic (exact) mass is 370 g/mol. The van der Waals surface area contributed by atoms with Crippen molar-refractivity contribution in [2.75, 3.05) is 66.5 Å². The average Bonchev–Trinajstić information content (AvgIpc) is 2.71. The van der Waals surface area contributed by atoms with Crippen LogP contribution in [0.2, 0.25) is 0 Å². The second-order valence-corrected chi connectivity index (χ2v) is 7.52. The minimum atomic E-state index is 0.831. The van der Waals surface area contributed by atoms with Crippen LogP contribution in [0, 0.1) is 0 Å². The molecule has 0 saturated carbocycles. The molecule has 158 valence electrons. The lowest BCUT2D eigenvalue weighted by Crippen LogP contribution is -2.44. The van der Waals surface area contributed by atoms with Gasteiger partial charge in [-0.05, 0) is 92.1 Å². The zero-order valence-electron chi connectivity index (χ0n) is 19.4. The van der Waals surface area contributed by atoms with Crippen LogP contribution in [0.15, 0.2) is 0 Å². The highest BCUT2D eigenvalue weighted by atomic mass is 15.2. The number of hydrogen-bond acceptors (Lipinski definition) is 4. The van der Waals surface area contributed by atoms with Crippen molar-refractivity contribution in [2.24, 2.45) is 0 Å². The van der Waals surface area contributed by atoms with Gasteiger partial charge in [-0.1, -0.05) is 41.5 Å². The average molecular weight is 371 g/mol. The van der Waals surface area contributed by atoms with E-state index in [9.17, 15) is 0 Å². The van der Waals surface area contributed by atoms with Crippen molar-refractivity contribution in [3.05, 3.63) is 0 Å². The fourth-order valence-electron chi connectivity index (χ4n) is 4.09. The molecule has 0 aromatic heterocycles. The summed E-state index contributed by atoms with van der Waals surface area (Å²) in [4.78, 5) is 10.0. The molecule has 2 aliphatic heterocycles. The highest BCUT2D eigenvalue weighted by Gasteiger charge is 2.21. The van der Waals surface area contributed by atoms with E-state index in [-0.39, 0.29) is 0 Å². The molecule has 0 amide bonds. The summed E-state index contributed by atoms with van der Waals surface area (Å²) in [7, 11) is 4.37. The third-order valence-electron chi connectivity index (χ3n) is 6.07. The predicted molar refractivity (Wildman–Crippen MR) is 118 cm³/mol. The molecule has 0 aliphatic carbocycles. The molecule has 0 aromatic rings. The minimum Gasteiger partial charge on any atom is -0.306 e. The number of likely N-dealkylation sites (tertiary alicyclic amines) is 2. The molecule has 0 aromatic carbocycles. The molecule has 0 radical (unpaired) electrons. The maximum absolute atomic E-state index is 2.60. The standard InChI is InChI=1S/C11H24N2.C9H20N2.C2H6/c1-4-12-9-7-11(8-10-12)13(5-2)6-3;1-4-11-7-5-9(6-8-11)10(2)3;1-2/h11H,4-10H2,1-3H3;9H,4-8H2,1-3H3;1-2H3. The summed E-state index contributed by atoms with van der Waals surface area (Å²) in [6.45, 7) is 23.1. The molecule has 0 bridgehead atoms. The zero-order valence-corrected chi connectivity index (χ0v) is 19.4. The Kier molecular flexibility index (Phi) is 15.8. The van der Waals surface area contributed by atoms with Gasteiger partial charge in [0.25, 0.3) is 0 Å². The van der Waals surface area contributed by atoms with Crippen LogP contribution in [0.25, 0.3) is 0 Å². The van der Waals surface area contributed by atoms with Crippen molar-refractivity contribution < 1.29 is 0 Å². The van der Waals surface area contributed by atoms with Crippen LogP contribution in [0.3, 0.4) is 0 Å². The first-order chi connectivity index (χ1) is 12.5. The van der Waals surface area contributed by atoms with Crippen molar-refractivity contribution >= 4 is 0 Å². The molecule has 2 aliphatic rings. The van der Waals surface area contributed by atoms with Crippen molar-refractivity contribution in [1.29, 1.82) is 0 Å². The van der Waals surface area contributed by atoms with Crippen molar-refractivity contribution in [3.63, 3.8) is 0 Å². The van der Waals surface area contributed by atoms with Crippen LogP contribution in [-0.2, 0) is 0 Å². The quantitative estimate of drug-likeness (QED) is 0.703. The second-order valence-electron chi connectivity index (χ2n) is 7.52. The van der Waals surface area contributed by atoms with E-state index in [0.29, 0.717) is 0 Å². The first-order valence-electron chi connectivity index (χ1n) is 11.4. The Hall–Kier alpha value is -0.160. The van der Waals surface area contributed by atoms with Crippen LogP contribution >= 0.6 is 0 Å². The van der Waals surface area contributed by atoms with Gasteiger partial charge in [0, 0.05) is 12.1 Å². The lowest BCUT2D eigenvalue weighted by Gasteiger charge is -2.37. The molecule has 0 atom stereocenters. The molecule has 26 heavy (non-hydrogen) atoms. The van der Waals surface area contributed by atoms with Crippen LogP contribution in [0.4, 0.5) is 0 Å². The molecule has 2 rings (SSSR count). The van der Waals surface area contributed by atoms with Gasteiger partial charge in [-0.15, -0.1) is 0 Å². The van der Waals surface area contributed by atoms with Crippen molar-refractivity contribution in [1.82, 2.24) is 19.6 Å². The van der Waals surface area contributed by atoms with E-state index in [0.717, 1.165) is 12.1 Å². The largest absolute Gasteiger partial charge is 0.306 e. The highest BCUT2D eigenvalue weighted by molar-refractivity contribution is 4.78. The van der Waals surface area contributed by atoms with Gasteiger partial charge >= 0.3 is 0 Å². The van der Waals surface area contributed by atoms with E-state index in [1.165, 1.54) is 78.0 Å². The fourth-order valence-corrected chi connectivity index (χ4v) is 4.09. The molecular formula is C22H50N4. The predicted octanol–water partition coefficient (Wildman–Crippen LogP) is 3.87. The van der Waals surface area contributed by atoms with E-state index in [1.54, 1.807) is 0 Å². The number of hydrogen-bond donors (Lipinski definition) is 0. The summed E-state index contributed by atoms with van der Waals surface area (Å²) in [6, 6.07) is 1.69. The van der Waals surface area contributed by atoms with Gasteiger partial charge in [0.1, 0.15) is 0 Å². The first-order valence-corrected chi connectivity index (χ1v) is 11.4. The van der Waals surface area contributed by atoms with Gasteiger partial charge < -0.3 is 19.6 Å². The molecule has 2 fully saturated rings. The SMILES string of the molecule is CC.CCN1CCC(N(C)C)CC1.CCN1CCC(N(CC)CC)CC1. The summed E-state index contributed by atoms with van der Waals surface area (Å²) in [5, 5.41) is 0. The van der Waals surface area contributed by atoms with Crippen LogP contribution in [0.1, 0.15) is 67.2 Å². The third kappa shape index (κ3) is 9.68. The normalized spacial score (nSPS) is 20.5. The highest BCUT2D eigenvalue weighted by Crippen LogP contribution is 2.15. The van der Waals surface area contributed by atoms with E-state index in [2.05, 4.69) is 61.4 Å². The number of rotatable bonds is 6. The third-order valence-corrected chi connectivity index (χ3v) is 6.07. The van der Waals surface area contributed by atoms with Gasteiger partial charge in [0.05, 0.1) is 0 Å². The Morgan fingerprint density at radius 1 is 0.654 bits per heavy atom. The van der Waals surface area contributed by atoms with E-state index in [1.807, 2.05) is 13.8 Å². The molecular weight excluding hydrogens is 320 g/mol. The molecule has 0 unspecified atom stereocenters. The van der Waals surface area contributed by atoms with Crippen molar-refractivity contribution in [2.45, 2.75) is 79.3 Å². The smallest absolute Gasteiger partial charge is 0.0119 e. The van der Waals surface area contributed by atoms with E-state index < -0.39 is 0 Å². The fraction of sp³-hybridized carbons (Fsp3) is 1.00. The Morgan fingerprint density at radius 3 is 1.27 bits per heavy atom. The summed E-state index contributed by atoms with van der Waals surface area (Å²) >= 11 is 0. The lowest BCUT2D eigenvalue weighted by molar-refractivity contribution is 0.120. The Labute approximate surface area is 165 Å². The van der Waals surface area contributed by atoms with Gasteiger partial charge in [0.2, 0.25) is 0 Å². The summed E-state index contributed by atoms with van der Waals surface area (Å²) in [5.74, 6) is 0. The Morgan fingerprint density at radius 2 is 1.00 bits per heavy atom. The molecule has 2 saturated heterocycles. The van der Waals surface area contributed by atoms with Crippen LogP contribution in [0.5, 0.6) is 0 Å². The molecule has 0 N–H and O–H groups in total. The summed E-state index contributed by atoms with van der Waals surface area (Å²) < 4.78 is 0. The number of nitrogens with zero attached hydrogens (tertiary/aromatic N) is 4. The second kappa shape index (κ2) is 15.9. The minimum absolute atomic E-state index is 0.831. The molecule has 0 spiro atoms. The molecule has 4 heteroatoms. The maximum atomic E-state index is 2.60. The lowest BCUT2D eigenvalue weighted by atomic mass is 10.0. The number of piperidine rings is 2. The van der Waals surface area contributed by atoms with E-state index >= 15 is 0 Å². The molecule has 2 heterocycles. The topological polar surface area (TPSA) is 13.0 Å². The van der Waals surface area contributed by atoms with E-state index in [4.69, 9.17) is 0 Å². The molecule has 4 nitrogen and oxygen atoms in total. The van der Waals surface area contributed by atoms with Crippen LogP contribution in [-0.4, -0.2) is 98.1 Å². The maximum Gasteiger partial charge on any atom is 0.0119 e. The Balaban J connectivity index is 0.000000444. The van der Waals surface area contributed by atoms with Gasteiger partial charge in [-0.2, -0.15) is 0 Å². The van der Waals surface area contributed by atoms with Crippen molar-refractivity contribution in [3.8, 4) is 0 Å². The first kappa shape index (κ1) is 25.8. The van der Waals surface area contributed by atoms with Gasteiger partial charge in [-0.25, -0.2) is 0 Å². The van der Waals surface area contributed by atoms with Crippen LogP contribution < -0.4 is 0 Å². The Bertz CT molecular complexity index is 289. The summed E-state index contributed by atoms with van der Waals surface area (Å²) in [6.07, 6.45) is 5.44. The summed E-state index contributed by atoms with van der Waals surface area (Å²) in [5.41, 5.74) is 0. The van der Waals surface area contributed by atoms with Gasteiger partial charge in [0.15, 0.2) is 0 Å².